The Bertz CT molecular complexity index is 629. The molecule has 1 heterocycles. The van der Waals surface area contributed by atoms with E-state index in [0.29, 0.717) is 24.7 Å². The lowest BCUT2D eigenvalue weighted by Gasteiger charge is -2.07. The normalized spacial score (nSPS) is 10.2. The van der Waals surface area contributed by atoms with Crippen LogP contribution in [-0.2, 0) is 11.3 Å². The van der Waals surface area contributed by atoms with Gasteiger partial charge in [-0.1, -0.05) is 12.1 Å². The Labute approximate surface area is 141 Å². The van der Waals surface area contributed by atoms with Crippen LogP contribution >= 0.6 is 0 Å². The molecule has 0 aliphatic heterocycles. The lowest BCUT2D eigenvalue weighted by molar-refractivity contribution is 0.0950. The fourth-order valence-corrected chi connectivity index (χ4v) is 1.98. The zero-order chi connectivity index (χ0) is 17.2. The monoisotopic (exact) mass is 330 g/mol. The Kier molecular flexibility index (Phi) is 6.97. The summed E-state index contributed by atoms with van der Waals surface area (Å²) in [6.07, 6.45) is 3.88. The number of ether oxygens (including phenoxy) is 2. The van der Waals surface area contributed by atoms with Gasteiger partial charge in [0.25, 0.3) is 5.91 Å². The van der Waals surface area contributed by atoms with E-state index in [0.717, 1.165) is 24.3 Å². The largest absolute Gasteiger partial charge is 0.497 e. The number of anilines is 1. The van der Waals surface area contributed by atoms with Gasteiger partial charge in [0.15, 0.2) is 0 Å². The average molecular weight is 330 g/mol. The van der Waals surface area contributed by atoms with Crippen molar-refractivity contribution < 1.29 is 14.3 Å². The van der Waals surface area contributed by atoms with Crippen LogP contribution in [0.15, 0.2) is 36.7 Å². The third-order valence-electron chi connectivity index (χ3n) is 3.33. The summed E-state index contributed by atoms with van der Waals surface area (Å²) in [6, 6.07) is 7.52. The molecule has 1 amide bonds. The van der Waals surface area contributed by atoms with E-state index in [1.807, 2.05) is 24.3 Å². The number of benzene rings is 1. The summed E-state index contributed by atoms with van der Waals surface area (Å²) in [4.78, 5) is 20.4. The summed E-state index contributed by atoms with van der Waals surface area (Å²) < 4.78 is 10.1. The lowest BCUT2D eigenvalue weighted by Crippen LogP contribution is -2.23. The van der Waals surface area contributed by atoms with Crippen LogP contribution in [0.5, 0.6) is 5.75 Å². The van der Waals surface area contributed by atoms with Crippen molar-refractivity contribution in [2.24, 2.45) is 0 Å². The topological polar surface area (TPSA) is 85.4 Å². The van der Waals surface area contributed by atoms with Crippen molar-refractivity contribution in [3.63, 3.8) is 0 Å². The molecule has 0 saturated heterocycles. The molecular weight excluding hydrogens is 308 g/mol. The smallest absolute Gasteiger partial charge is 0.254 e. The highest BCUT2D eigenvalue weighted by Gasteiger charge is 2.07. The van der Waals surface area contributed by atoms with Gasteiger partial charge in [-0.2, -0.15) is 0 Å². The van der Waals surface area contributed by atoms with Gasteiger partial charge in [0, 0.05) is 39.2 Å². The van der Waals surface area contributed by atoms with Crippen LogP contribution < -0.4 is 15.4 Å². The molecule has 0 unspecified atom stereocenters. The first-order valence-electron chi connectivity index (χ1n) is 7.69. The molecule has 0 aliphatic carbocycles. The van der Waals surface area contributed by atoms with Crippen molar-refractivity contribution in [3.8, 4) is 5.75 Å². The molecule has 0 spiro atoms. The number of carbonyl (C=O) groups excluding carboxylic acids is 1. The van der Waals surface area contributed by atoms with Gasteiger partial charge in [0.05, 0.1) is 12.7 Å². The fourth-order valence-electron chi connectivity index (χ4n) is 1.98. The first-order chi connectivity index (χ1) is 11.7. The van der Waals surface area contributed by atoms with Crippen LogP contribution in [0.25, 0.3) is 0 Å². The van der Waals surface area contributed by atoms with E-state index in [4.69, 9.17) is 9.47 Å². The molecule has 24 heavy (non-hydrogen) atoms. The van der Waals surface area contributed by atoms with Gasteiger partial charge in [-0.05, 0) is 24.1 Å². The second-order valence-electron chi connectivity index (χ2n) is 5.10. The zero-order valence-corrected chi connectivity index (χ0v) is 13.9. The Morgan fingerprint density at radius 1 is 1.12 bits per heavy atom. The molecule has 0 aliphatic rings. The predicted molar refractivity (Wildman–Crippen MR) is 91.2 cm³/mol. The number of hydrogen-bond donors (Lipinski definition) is 2. The van der Waals surface area contributed by atoms with E-state index in [2.05, 4.69) is 20.6 Å². The van der Waals surface area contributed by atoms with E-state index in [9.17, 15) is 4.79 Å². The second kappa shape index (κ2) is 9.46. The van der Waals surface area contributed by atoms with E-state index in [1.54, 1.807) is 14.2 Å². The fraction of sp³-hybridized carbons (Fsp3) is 0.353. The molecule has 2 N–H and O–H groups in total. The molecule has 0 fully saturated rings. The number of rotatable bonds is 9. The second-order valence-corrected chi connectivity index (χ2v) is 5.10. The van der Waals surface area contributed by atoms with Crippen LogP contribution in [0.1, 0.15) is 22.3 Å². The molecule has 2 rings (SSSR count). The quantitative estimate of drug-likeness (QED) is 0.683. The molecule has 0 atom stereocenters. The molecular formula is C17H22N4O3. The van der Waals surface area contributed by atoms with Gasteiger partial charge < -0.3 is 20.1 Å². The minimum atomic E-state index is -0.211. The van der Waals surface area contributed by atoms with E-state index < -0.39 is 0 Å². The molecule has 7 nitrogen and oxygen atoms in total. The Morgan fingerprint density at radius 3 is 2.46 bits per heavy atom. The number of nitrogens with one attached hydrogen (secondary N) is 2. The third kappa shape index (κ3) is 5.51. The third-order valence-corrected chi connectivity index (χ3v) is 3.33. The van der Waals surface area contributed by atoms with Crippen LogP contribution in [0, 0.1) is 0 Å². The number of nitrogens with zero attached hydrogens (tertiary/aromatic N) is 2. The predicted octanol–water partition coefficient (Wildman–Crippen LogP) is 1.86. The molecule has 1 aromatic heterocycles. The van der Waals surface area contributed by atoms with Crippen molar-refractivity contribution >= 4 is 11.9 Å². The van der Waals surface area contributed by atoms with Crippen LogP contribution in [0.2, 0.25) is 0 Å². The highest BCUT2D eigenvalue weighted by atomic mass is 16.5. The highest BCUT2D eigenvalue weighted by Crippen LogP contribution is 2.11. The number of amides is 1. The SMILES string of the molecule is COCCCNc1ncc(C(=O)NCc2ccc(OC)cc2)cn1. The first-order valence-corrected chi connectivity index (χ1v) is 7.69. The van der Waals surface area contributed by atoms with Crippen molar-refractivity contribution in [2.45, 2.75) is 13.0 Å². The molecule has 1 aromatic carbocycles. The van der Waals surface area contributed by atoms with Gasteiger partial charge >= 0.3 is 0 Å². The zero-order valence-electron chi connectivity index (χ0n) is 13.9. The van der Waals surface area contributed by atoms with E-state index in [-0.39, 0.29) is 5.91 Å². The standard InChI is InChI=1S/C17H22N4O3/c1-23-9-3-8-18-17-20-11-14(12-21-17)16(22)19-10-13-4-6-15(24-2)7-5-13/h4-7,11-12H,3,8-10H2,1-2H3,(H,19,22)(H,18,20,21). The minimum Gasteiger partial charge on any atom is -0.497 e. The maximum atomic E-state index is 12.1. The van der Waals surface area contributed by atoms with Crippen molar-refractivity contribution in [2.75, 3.05) is 32.7 Å². The molecule has 128 valence electrons. The Balaban J connectivity index is 1.81. The van der Waals surface area contributed by atoms with Crippen molar-refractivity contribution in [1.29, 1.82) is 0 Å². The number of aromatic nitrogens is 2. The Morgan fingerprint density at radius 2 is 1.83 bits per heavy atom. The van der Waals surface area contributed by atoms with Gasteiger partial charge in [0.1, 0.15) is 5.75 Å². The molecule has 0 saturated carbocycles. The van der Waals surface area contributed by atoms with Crippen LogP contribution in [0.3, 0.4) is 0 Å². The van der Waals surface area contributed by atoms with Gasteiger partial charge in [-0.25, -0.2) is 9.97 Å². The maximum absolute atomic E-state index is 12.1. The Hall–Kier alpha value is -2.67. The van der Waals surface area contributed by atoms with E-state index >= 15 is 0 Å². The number of hydrogen-bond acceptors (Lipinski definition) is 6. The summed E-state index contributed by atoms with van der Waals surface area (Å²) in [5, 5.41) is 5.90. The van der Waals surface area contributed by atoms with Crippen molar-refractivity contribution in [1.82, 2.24) is 15.3 Å². The summed E-state index contributed by atoms with van der Waals surface area (Å²) in [6.45, 7) is 1.83. The maximum Gasteiger partial charge on any atom is 0.254 e. The van der Waals surface area contributed by atoms with E-state index in [1.165, 1.54) is 12.4 Å². The average Bonchev–Trinajstić information content (AvgIpc) is 2.64. The van der Waals surface area contributed by atoms with Crippen LogP contribution in [-0.4, -0.2) is 43.2 Å². The van der Waals surface area contributed by atoms with Crippen LogP contribution in [0.4, 0.5) is 5.95 Å². The molecule has 7 heteroatoms. The summed E-state index contributed by atoms with van der Waals surface area (Å²) in [5.41, 5.74) is 1.41. The first kappa shape index (κ1) is 17.7. The molecule has 0 radical (unpaired) electrons. The summed E-state index contributed by atoms with van der Waals surface area (Å²) >= 11 is 0. The summed E-state index contributed by atoms with van der Waals surface area (Å²) in [7, 11) is 3.28. The highest BCUT2D eigenvalue weighted by molar-refractivity contribution is 5.93. The number of methoxy groups -OCH3 is 2. The van der Waals surface area contributed by atoms with Gasteiger partial charge in [-0.3, -0.25) is 4.79 Å². The molecule has 0 bridgehead atoms. The van der Waals surface area contributed by atoms with Gasteiger partial charge in [-0.15, -0.1) is 0 Å². The van der Waals surface area contributed by atoms with Crippen molar-refractivity contribution in [3.05, 3.63) is 47.8 Å². The molecule has 2 aromatic rings. The minimum absolute atomic E-state index is 0.211. The lowest BCUT2D eigenvalue weighted by atomic mass is 10.2. The van der Waals surface area contributed by atoms with Gasteiger partial charge in [0.2, 0.25) is 5.95 Å². The number of carbonyl (C=O) groups is 1. The summed E-state index contributed by atoms with van der Waals surface area (Å²) in [5.74, 6) is 1.07.